The minimum Gasteiger partial charge on any atom is -0.337 e. The zero-order valence-electron chi connectivity index (χ0n) is 9.71. The van der Waals surface area contributed by atoms with Crippen molar-refractivity contribution in [3.05, 3.63) is 35.6 Å². The Morgan fingerprint density at radius 1 is 1.33 bits per heavy atom. The average molecular weight is 273 g/mol. The third-order valence-electron chi connectivity index (χ3n) is 2.16. The molecule has 0 saturated heterocycles. The van der Waals surface area contributed by atoms with E-state index in [1.54, 1.807) is 12.1 Å². The lowest BCUT2D eigenvalue weighted by Gasteiger charge is -2.06. The molecule has 18 heavy (non-hydrogen) atoms. The van der Waals surface area contributed by atoms with Crippen LogP contribution in [0.3, 0.4) is 0 Å². The van der Waals surface area contributed by atoms with Crippen molar-refractivity contribution in [2.24, 2.45) is 0 Å². The minimum atomic E-state index is -0.568. The lowest BCUT2D eigenvalue weighted by atomic mass is 10.1. The van der Waals surface area contributed by atoms with Crippen LogP contribution in [0.5, 0.6) is 0 Å². The minimum absolute atomic E-state index is 0.0961. The maximum absolute atomic E-state index is 12.9. The molecule has 0 heterocycles. The maximum Gasteiger partial charge on any atom is 0.321 e. The molecule has 0 aromatic heterocycles. The Labute approximate surface area is 110 Å². The molecule has 0 atom stereocenters. The molecule has 0 unspecified atom stereocenters. The van der Waals surface area contributed by atoms with Crippen LogP contribution in [-0.4, -0.2) is 24.4 Å². The van der Waals surface area contributed by atoms with Crippen molar-refractivity contribution in [2.45, 2.75) is 12.8 Å². The van der Waals surface area contributed by atoms with Crippen LogP contribution < -0.4 is 10.6 Å². The van der Waals surface area contributed by atoms with Gasteiger partial charge in [-0.05, 0) is 24.1 Å². The van der Waals surface area contributed by atoms with E-state index in [0.717, 1.165) is 5.56 Å². The van der Waals surface area contributed by atoms with E-state index in [1.807, 2.05) is 0 Å². The molecule has 1 rings (SSSR count). The lowest BCUT2D eigenvalue weighted by Crippen LogP contribution is -2.40. The van der Waals surface area contributed by atoms with Gasteiger partial charge in [0.25, 0.3) is 0 Å². The number of halogens is 2. The molecule has 6 heteroatoms. The molecule has 0 spiro atoms. The smallest absolute Gasteiger partial charge is 0.321 e. The second-order valence-electron chi connectivity index (χ2n) is 3.62. The van der Waals surface area contributed by atoms with Gasteiger partial charge in [0.2, 0.25) is 5.91 Å². The molecule has 4 nitrogen and oxygen atoms in total. The summed E-state index contributed by atoms with van der Waals surface area (Å²) in [4.78, 5) is 22.3. The lowest BCUT2D eigenvalue weighted by molar-refractivity contribution is -0.119. The first-order valence-corrected chi connectivity index (χ1v) is 6.03. The fourth-order valence-electron chi connectivity index (χ4n) is 1.33. The number of hydrogen-bond acceptors (Lipinski definition) is 2. The molecule has 0 saturated carbocycles. The van der Waals surface area contributed by atoms with Crippen LogP contribution in [0.15, 0.2) is 24.3 Å². The molecule has 1 aromatic rings. The number of carbonyl (C=O) groups excluding carboxylic acids is 2. The van der Waals surface area contributed by atoms with Crippen LogP contribution in [0.1, 0.15) is 12.0 Å². The Morgan fingerprint density at radius 2 is 2.11 bits per heavy atom. The van der Waals surface area contributed by atoms with E-state index in [2.05, 4.69) is 10.6 Å². The zero-order valence-corrected chi connectivity index (χ0v) is 10.5. The van der Waals surface area contributed by atoms with Crippen molar-refractivity contribution >= 4 is 23.5 Å². The molecule has 0 aliphatic heterocycles. The van der Waals surface area contributed by atoms with Crippen molar-refractivity contribution in [1.29, 1.82) is 0 Å². The van der Waals surface area contributed by atoms with Gasteiger partial charge in [0.05, 0.1) is 0 Å². The molecular weight excluding hydrogens is 259 g/mol. The van der Waals surface area contributed by atoms with Gasteiger partial charge >= 0.3 is 6.03 Å². The summed E-state index contributed by atoms with van der Waals surface area (Å²) in [7, 11) is 0. The molecular formula is C12H14ClFN2O2. The van der Waals surface area contributed by atoms with E-state index in [-0.39, 0.29) is 18.1 Å². The monoisotopic (exact) mass is 272 g/mol. The van der Waals surface area contributed by atoms with Crippen LogP contribution in [0.25, 0.3) is 0 Å². The van der Waals surface area contributed by atoms with Crippen molar-refractivity contribution < 1.29 is 14.0 Å². The third kappa shape index (κ3) is 5.63. The fraction of sp³-hybridized carbons (Fsp3) is 0.333. The van der Waals surface area contributed by atoms with Gasteiger partial charge in [-0.1, -0.05) is 12.1 Å². The number of carbonyl (C=O) groups is 2. The maximum atomic E-state index is 12.9. The van der Waals surface area contributed by atoms with E-state index < -0.39 is 11.9 Å². The van der Waals surface area contributed by atoms with Gasteiger partial charge in [0.15, 0.2) is 0 Å². The summed E-state index contributed by atoms with van der Waals surface area (Å²) in [5.41, 5.74) is 0.780. The average Bonchev–Trinajstić information content (AvgIpc) is 2.29. The number of amides is 3. The Hall–Kier alpha value is -1.62. The van der Waals surface area contributed by atoms with Crippen LogP contribution in [0.4, 0.5) is 9.18 Å². The highest BCUT2D eigenvalue weighted by molar-refractivity contribution is 6.19. The van der Waals surface area contributed by atoms with Gasteiger partial charge in [0, 0.05) is 18.8 Å². The van der Waals surface area contributed by atoms with Crippen LogP contribution >= 0.6 is 11.6 Å². The Bertz CT molecular complexity index is 426. The molecule has 0 aliphatic rings. The second-order valence-corrected chi connectivity index (χ2v) is 4.00. The van der Waals surface area contributed by atoms with E-state index in [9.17, 15) is 14.0 Å². The summed E-state index contributed by atoms with van der Waals surface area (Å²) in [6.45, 7) is 0.323. The summed E-state index contributed by atoms with van der Waals surface area (Å²) in [6.07, 6.45) is 0.591. The molecule has 2 N–H and O–H groups in total. The molecule has 0 radical (unpaired) electrons. The summed E-state index contributed by atoms with van der Waals surface area (Å²) < 4.78 is 12.9. The van der Waals surface area contributed by atoms with Crippen LogP contribution in [0.2, 0.25) is 0 Å². The molecule has 1 aromatic carbocycles. The third-order valence-corrected chi connectivity index (χ3v) is 2.35. The van der Waals surface area contributed by atoms with Gasteiger partial charge in [-0.3, -0.25) is 10.1 Å². The Morgan fingerprint density at radius 3 is 2.78 bits per heavy atom. The van der Waals surface area contributed by atoms with Gasteiger partial charge in [0.1, 0.15) is 5.82 Å². The second kappa shape index (κ2) is 7.66. The van der Waals surface area contributed by atoms with Gasteiger partial charge in [-0.2, -0.15) is 0 Å². The predicted molar refractivity (Wildman–Crippen MR) is 67.0 cm³/mol. The van der Waals surface area contributed by atoms with Crippen molar-refractivity contribution in [1.82, 2.24) is 10.6 Å². The Kier molecular flexibility index (Phi) is 6.14. The number of hydrogen-bond donors (Lipinski definition) is 2. The van der Waals surface area contributed by atoms with Crippen LogP contribution in [0, 0.1) is 5.82 Å². The summed E-state index contributed by atoms with van der Waals surface area (Å²) in [6, 6.07) is 5.56. The van der Waals surface area contributed by atoms with Gasteiger partial charge in [-0.25, -0.2) is 9.18 Å². The summed E-state index contributed by atoms with van der Waals surface area (Å²) in [5, 5.41) is 4.63. The quantitative estimate of drug-likeness (QED) is 0.804. The first-order chi connectivity index (χ1) is 8.61. The first-order valence-electron chi connectivity index (χ1n) is 5.50. The van der Waals surface area contributed by atoms with E-state index in [4.69, 9.17) is 11.6 Å². The highest BCUT2D eigenvalue weighted by atomic mass is 35.5. The van der Waals surface area contributed by atoms with Gasteiger partial charge in [-0.15, -0.1) is 11.6 Å². The largest absolute Gasteiger partial charge is 0.337 e. The molecule has 0 fully saturated rings. The van der Waals surface area contributed by atoms with Crippen molar-refractivity contribution in [3.8, 4) is 0 Å². The Balaban J connectivity index is 2.25. The number of rotatable bonds is 5. The van der Waals surface area contributed by atoms with E-state index >= 15 is 0 Å². The number of imide groups is 1. The number of benzene rings is 1. The molecule has 0 aliphatic carbocycles. The first kappa shape index (κ1) is 14.4. The van der Waals surface area contributed by atoms with Gasteiger partial charge < -0.3 is 5.32 Å². The standard InChI is InChI=1S/C12H14ClFN2O2/c13-6-4-11(17)16-12(18)15-7-5-9-2-1-3-10(14)8-9/h1-3,8H,4-7H2,(H2,15,16,17,18). The van der Waals surface area contributed by atoms with Crippen LogP contribution in [-0.2, 0) is 11.2 Å². The fourth-order valence-corrected chi connectivity index (χ4v) is 1.50. The van der Waals surface area contributed by atoms with Crippen molar-refractivity contribution in [2.75, 3.05) is 12.4 Å². The normalized spacial score (nSPS) is 9.89. The highest BCUT2D eigenvalue weighted by Gasteiger charge is 2.05. The predicted octanol–water partition coefficient (Wildman–Crippen LogP) is 1.82. The number of urea groups is 1. The van der Waals surface area contributed by atoms with Crippen molar-refractivity contribution in [3.63, 3.8) is 0 Å². The topological polar surface area (TPSA) is 58.2 Å². The summed E-state index contributed by atoms with van der Waals surface area (Å²) >= 11 is 5.35. The number of nitrogens with one attached hydrogen (secondary N) is 2. The highest BCUT2D eigenvalue weighted by Crippen LogP contribution is 2.03. The SMILES string of the molecule is O=C(CCCl)NC(=O)NCCc1cccc(F)c1. The van der Waals surface area contributed by atoms with E-state index in [0.29, 0.717) is 13.0 Å². The molecule has 3 amide bonds. The summed E-state index contributed by atoms with van der Waals surface area (Å²) in [5.74, 6) is -0.565. The molecule has 0 bridgehead atoms. The zero-order chi connectivity index (χ0) is 13.4. The molecule has 98 valence electrons. The van der Waals surface area contributed by atoms with E-state index in [1.165, 1.54) is 12.1 Å². The number of alkyl halides is 1.